The maximum Gasteiger partial charge on any atom is 0.320 e. The smallest absolute Gasteiger partial charge is 0.320 e. The van der Waals surface area contributed by atoms with Crippen molar-refractivity contribution in [1.82, 2.24) is 5.32 Å². The first-order valence-corrected chi connectivity index (χ1v) is 6.26. The number of carboxylic acid groups (broad SMARTS) is 1. The lowest BCUT2D eigenvalue weighted by Crippen LogP contribution is -2.39. The summed E-state index contributed by atoms with van der Waals surface area (Å²) in [6.45, 7) is 5.63. The maximum atomic E-state index is 11.7. The van der Waals surface area contributed by atoms with Gasteiger partial charge in [-0.3, -0.25) is 14.9 Å². The molecule has 1 atom stereocenters. The number of carboxylic acids is 1. The van der Waals surface area contributed by atoms with Crippen LogP contribution in [-0.4, -0.2) is 29.6 Å². The van der Waals surface area contributed by atoms with Crippen molar-refractivity contribution in [2.75, 3.05) is 11.9 Å². The molecule has 0 heterocycles. The van der Waals surface area contributed by atoms with Gasteiger partial charge in [0, 0.05) is 5.69 Å². The number of nitrogens with one attached hydrogen (secondary N) is 2. The molecule has 0 aromatic heterocycles. The Hall–Kier alpha value is -1.88. The molecule has 1 amide bonds. The van der Waals surface area contributed by atoms with E-state index in [0.717, 1.165) is 11.3 Å². The molecule has 0 bridgehead atoms. The summed E-state index contributed by atoms with van der Waals surface area (Å²) in [5.41, 5.74) is 1.87. The molecular weight excluding hydrogens is 244 g/mol. The van der Waals surface area contributed by atoms with Crippen LogP contribution in [-0.2, 0) is 9.59 Å². The summed E-state index contributed by atoms with van der Waals surface area (Å²) in [6.07, 6.45) is 0. The fourth-order valence-corrected chi connectivity index (χ4v) is 1.51. The van der Waals surface area contributed by atoms with Crippen LogP contribution in [0.3, 0.4) is 0 Å². The predicted molar refractivity (Wildman–Crippen MR) is 74.3 cm³/mol. The minimum absolute atomic E-state index is 0.0284. The van der Waals surface area contributed by atoms with Crippen LogP contribution in [0.5, 0.6) is 0 Å². The van der Waals surface area contributed by atoms with E-state index in [1.165, 1.54) is 6.92 Å². The Morgan fingerprint density at radius 3 is 2.53 bits per heavy atom. The van der Waals surface area contributed by atoms with Crippen LogP contribution in [0.25, 0.3) is 0 Å². The lowest BCUT2D eigenvalue weighted by molar-refractivity contribution is -0.139. The van der Waals surface area contributed by atoms with E-state index in [9.17, 15) is 9.59 Å². The molecule has 0 aliphatic rings. The van der Waals surface area contributed by atoms with Crippen LogP contribution in [0, 0.1) is 0 Å². The zero-order chi connectivity index (χ0) is 14.4. The highest BCUT2D eigenvalue weighted by Crippen LogP contribution is 2.18. The van der Waals surface area contributed by atoms with Crippen molar-refractivity contribution in [3.05, 3.63) is 29.8 Å². The summed E-state index contributed by atoms with van der Waals surface area (Å²) in [5.74, 6) is -0.842. The molecular formula is C14H20N2O3. The fraction of sp³-hybridized carbons (Fsp3) is 0.429. The highest BCUT2D eigenvalue weighted by atomic mass is 16.4. The number of rotatable bonds is 6. The lowest BCUT2D eigenvalue weighted by atomic mass is 10.0. The van der Waals surface area contributed by atoms with Crippen LogP contribution >= 0.6 is 0 Å². The van der Waals surface area contributed by atoms with Crippen molar-refractivity contribution >= 4 is 17.6 Å². The van der Waals surface area contributed by atoms with E-state index in [0.29, 0.717) is 5.92 Å². The average molecular weight is 264 g/mol. The number of amides is 1. The van der Waals surface area contributed by atoms with E-state index in [2.05, 4.69) is 24.5 Å². The van der Waals surface area contributed by atoms with Gasteiger partial charge in [-0.1, -0.05) is 26.0 Å². The predicted octanol–water partition coefficient (Wildman–Crippen LogP) is 1.81. The van der Waals surface area contributed by atoms with Crippen molar-refractivity contribution < 1.29 is 14.7 Å². The Kier molecular flexibility index (Phi) is 5.51. The van der Waals surface area contributed by atoms with Gasteiger partial charge < -0.3 is 10.4 Å². The van der Waals surface area contributed by atoms with Gasteiger partial charge in [0.1, 0.15) is 6.04 Å². The number of aliphatic carboxylic acids is 1. The number of carbonyl (C=O) groups excluding carboxylic acids is 1. The largest absolute Gasteiger partial charge is 0.480 e. The molecule has 0 saturated heterocycles. The highest BCUT2D eigenvalue weighted by Gasteiger charge is 2.11. The molecule has 0 spiro atoms. The van der Waals surface area contributed by atoms with Gasteiger partial charge in [-0.25, -0.2) is 0 Å². The van der Waals surface area contributed by atoms with Gasteiger partial charge >= 0.3 is 5.97 Å². The van der Waals surface area contributed by atoms with E-state index in [4.69, 9.17) is 5.11 Å². The van der Waals surface area contributed by atoms with Crippen molar-refractivity contribution in [1.29, 1.82) is 0 Å². The Morgan fingerprint density at radius 2 is 1.95 bits per heavy atom. The SMILES string of the molecule is CC(C)c1cccc(NC(=O)CN[C@H](C)C(=O)O)c1. The van der Waals surface area contributed by atoms with Crippen LogP contribution in [0.1, 0.15) is 32.3 Å². The van der Waals surface area contributed by atoms with Gasteiger partial charge in [0.25, 0.3) is 0 Å². The molecule has 19 heavy (non-hydrogen) atoms. The van der Waals surface area contributed by atoms with Crippen LogP contribution in [0.15, 0.2) is 24.3 Å². The molecule has 5 heteroatoms. The maximum absolute atomic E-state index is 11.7. The number of benzene rings is 1. The Morgan fingerprint density at radius 1 is 1.26 bits per heavy atom. The standard InChI is InChI=1S/C14H20N2O3/c1-9(2)11-5-4-6-12(7-11)16-13(17)8-15-10(3)14(18)19/h4-7,9-10,15H,8H2,1-3H3,(H,16,17)(H,18,19)/t10-/m1/s1. The van der Waals surface area contributed by atoms with Crippen LogP contribution in [0.4, 0.5) is 5.69 Å². The van der Waals surface area contributed by atoms with E-state index in [1.54, 1.807) is 0 Å². The summed E-state index contributed by atoms with van der Waals surface area (Å²) in [4.78, 5) is 22.2. The van der Waals surface area contributed by atoms with Gasteiger partial charge in [-0.2, -0.15) is 0 Å². The third kappa shape index (κ3) is 5.09. The quantitative estimate of drug-likeness (QED) is 0.732. The zero-order valence-electron chi connectivity index (χ0n) is 11.4. The summed E-state index contributed by atoms with van der Waals surface area (Å²) in [7, 11) is 0. The van der Waals surface area contributed by atoms with Gasteiger partial charge in [-0.15, -0.1) is 0 Å². The zero-order valence-corrected chi connectivity index (χ0v) is 11.4. The Labute approximate surface area is 113 Å². The lowest BCUT2D eigenvalue weighted by Gasteiger charge is -2.11. The minimum atomic E-state index is -0.977. The second kappa shape index (κ2) is 6.89. The molecule has 0 aliphatic carbocycles. The molecule has 0 aliphatic heterocycles. The van der Waals surface area contributed by atoms with E-state index >= 15 is 0 Å². The molecule has 0 radical (unpaired) electrons. The first kappa shape index (κ1) is 15.2. The van der Waals surface area contributed by atoms with Gasteiger partial charge in [-0.05, 0) is 30.5 Å². The second-order valence-electron chi connectivity index (χ2n) is 4.77. The molecule has 3 N–H and O–H groups in total. The Balaban J connectivity index is 2.53. The fourth-order valence-electron chi connectivity index (χ4n) is 1.51. The molecule has 0 unspecified atom stereocenters. The average Bonchev–Trinajstić information content (AvgIpc) is 2.36. The molecule has 1 aromatic rings. The summed E-state index contributed by atoms with van der Waals surface area (Å²) >= 11 is 0. The third-order valence-corrected chi connectivity index (χ3v) is 2.78. The van der Waals surface area contributed by atoms with E-state index < -0.39 is 12.0 Å². The number of carbonyl (C=O) groups is 2. The van der Waals surface area contributed by atoms with Crippen molar-refractivity contribution in [2.24, 2.45) is 0 Å². The summed E-state index contributed by atoms with van der Waals surface area (Å²) in [6, 6.07) is 6.88. The monoisotopic (exact) mass is 264 g/mol. The van der Waals surface area contributed by atoms with Gasteiger partial charge in [0.05, 0.1) is 6.54 Å². The Bertz CT molecular complexity index is 458. The molecule has 0 fully saturated rings. The molecule has 0 saturated carbocycles. The third-order valence-electron chi connectivity index (χ3n) is 2.78. The van der Waals surface area contributed by atoms with Crippen molar-refractivity contribution in [3.63, 3.8) is 0 Å². The highest BCUT2D eigenvalue weighted by molar-refractivity contribution is 5.92. The van der Waals surface area contributed by atoms with E-state index in [1.807, 2.05) is 24.3 Å². The van der Waals surface area contributed by atoms with Gasteiger partial charge in [0.2, 0.25) is 5.91 Å². The first-order valence-electron chi connectivity index (χ1n) is 6.26. The van der Waals surface area contributed by atoms with Gasteiger partial charge in [0.15, 0.2) is 0 Å². The molecule has 104 valence electrons. The second-order valence-corrected chi connectivity index (χ2v) is 4.77. The number of anilines is 1. The van der Waals surface area contributed by atoms with Crippen molar-refractivity contribution in [2.45, 2.75) is 32.7 Å². The summed E-state index contributed by atoms with van der Waals surface area (Å²) in [5, 5.41) is 14.1. The molecule has 1 aromatic carbocycles. The van der Waals surface area contributed by atoms with Crippen LogP contribution in [0.2, 0.25) is 0 Å². The van der Waals surface area contributed by atoms with Crippen LogP contribution < -0.4 is 10.6 Å². The number of hydrogen-bond donors (Lipinski definition) is 3. The first-order chi connectivity index (χ1) is 8.90. The normalized spacial score (nSPS) is 12.2. The minimum Gasteiger partial charge on any atom is -0.480 e. The van der Waals surface area contributed by atoms with E-state index in [-0.39, 0.29) is 12.5 Å². The number of hydrogen-bond acceptors (Lipinski definition) is 3. The summed E-state index contributed by atoms with van der Waals surface area (Å²) < 4.78 is 0. The topological polar surface area (TPSA) is 78.4 Å². The molecule has 5 nitrogen and oxygen atoms in total. The molecule has 1 rings (SSSR count). The van der Waals surface area contributed by atoms with Crippen molar-refractivity contribution in [3.8, 4) is 0 Å².